The molecule has 0 amide bonds. The van der Waals surface area contributed by atoms with Gasteiger partial charge in [-0.3, -0.25) is 13.8 Å². The quantitative estimate of drug-likeness (QED) is 0.0302. The molecule has 0 aromatic heterocycles. The molecule has 0 saturated heterocycles. The predicted octanol–water partition coefficient (Wildman–Crippen LogP) is 10.3. The van der Waals surface area contributed by atoms with Crippen LogP contribution in [0.1, 0.15) is 174 Å². The molecule has 0 rings (SSSR count). The van der Waals surface area contributed by atoms with Crippen molar-refractivity contribution in [3.63, 3.8) is 0 Å². The molecule has 9 heteroatoms. The van der Waals surface area contributed by atoms with Gasteiger partial charge >= 0.3 is 13.8 Å². The summed E-state index contributed by atoms with van der Waals surface area (Å²) in [4.78, 5) is 22.2. The Morgan fingerprint density at radius 2 is 1.14 bits per heavy atom. The number of allylic oxidation sites excluding steroid dienone is 1. The third-order valence-corrected chi connectivity index (χ3v) is 8.76. The summed E-state index contributed by atoms with van der Waals surface area (Å²) < 4.78 is 32.9. The second-order valence-electron chi connectivity index (χ2n) is 12.2. The summed E-state index contributed by atoms with van der Waals surface area (Å²) in [6, 6.07) is 0. The van der Waals surface area contributed by atoms with Crippen LogP contribution in [-0.2, 0) is 27.9 Å². The van der Waals surface area contributed by atoms with Gasteiger partial charge in [-0.05, 0) is 25.3 Å². The Balaban J connectivity index is 4.10. The lowest BCUT2D eigenvalue weighted by Gasteiger charge is -2.19. The van der Waals surface area contributed by atoms with E-state index >= 15 is 0 Å². The van der Waals surface area contributed by atoms with Crippen molar-refractivity contribution in [2.24, 2.45) is 5.73 Å². The lowest BCUT2D eigenvalue weighted by molar-refractivity contribution is -0.153. The Morgan fingerprint density at radius 1 is 0.682 bits per heavy atom. The molecule has 0 aliphatic heterocycles. The molecular weight excluding hydrogens is 577 g/mol. The van der Waals surface area contributed by atoms with Crippen LogP contribution < -0.4 is 5.73 Å². The second kappa shape index (κ2) is 33.4. The molecule has 0 radical (unpaired) electrons. The lowest BCUT2D eigenvalue weighted by atomic mass is 10.0. The van der Waals surface area contributed by atoms with E-state index in [1.165, 1.54) is 122 Å². The van der Waals surface area contributed by atoms with Crippen molar-refractivity contribution in [3.05, 3.63) is 12.3 Å². The Bertz CT molecular complexity index is 692. The van der Waals surface area contributed by atoms with Crippen molar-refractivity contribution < 1.29 is 32.8 Å². The lowest BCUT2D eigenvalue weighted by Crippen LogP contribution is -2.27. The highest BCUT2D eigenvalue weighted by atomic mass is 31.2. The van der Waals surface area contributed by atoms with Crippen LogP contribution in [-0.4, -0.2) is 43.3 Å². The number of hydrogen-bond acceptors (Lipinski definition) is 7. The largest absolute Gasteiger partial charge is 0.498 e. The van der Waals surface area contributed by atoms with Crippen LogP contribution in [0.5, 0.6) is 0 Å². The number of esters is 1. The minimum Gasteiger partial charge on any atom is -0.498 e. The Kier molecular flexibility index (Phi) is 32.7. The third-order valence-electron chi connectivity index (χ3n) is 7.78. The Morgan fingerprint density at radius 3 is 1.61 bits per heavy atom. The predicted molar refractivity (Wildman–Crippen MR) is 183 cm³/mol. The molecule has 3 N–H and O–H groups in total. The first-order chi connectivity index (χ1) is 21.4. The molecule has 0 fully saturated rings. The van der Waals surface area contributed by atoms with Gasteiger partial charge < -0.3 is 20.1 Å². The van der Waals surface area contributed by atoms with Gasteiger partial charge in [0.1, 0.15) is 6.61 Å². The Hall–Kier alpha value is -0.920. The smallest absolute Gasteiger partial charge is 0.472 e. The van der Waals surface area contributed by atoms with Crippen LogP contribution in [0.25, 0.3) is 0 Å². The standard InChI is InChI=1S/C35H70NO7P/c1-3-5-7-9-11-13-14-15-16-17-18-19-21-23-25-27-30-40-32-34(33-42-44(38,39)41-31-29-36)43-35(37)28-26-24-22-20-12-10-8-6-4-2/h27,30,34H,3-26,28-29,31-33,36H2,1-2H3,(H,38,39)/b30-27+/t34-/m0/s1. The summed E-state index contributed by atoms with van der Waals surface area (Å²) in [5.74, 6) is -0.354. The van der Waals surface area contributed by atoms with Crippen molar-refractivity contribution in [2.45, 2.75) is 180 Å². The maximum absolute atomic E-state index is 12.4. The molecule has 0 heterocycles. The van der Waals surface area contributed by atoms with Gasteiger partial charge in [0.05, 0.1) is 19.5 Å². The number of phosphoric acid groups is 1. The van der Waals surface area contributed by atoms with Gasteiger partial charge in [0.15, 0.2) is 6.10 Å². The molecular formula is C35H70NO7P. The zero-order valence-corrected chi connectivity index (χ0v) is 29.6. The first-order valence-corrected chi connectivity index (χ1v) is 19.7. The topological polar surface area (TPSA) is 117 Å². The number of rotatable bonds is 35. The molecule has 0 spiro atoms. The fourth-order valence-electron chi connectivity index (χ4n) is 5.08. The number of unbranched alkanes of at least 4 members (excludes halogenated alkanes) is 22. The summed E-state index contributed by atoms with van der Waals surface area (Å²) >= 11 is 0. The summed E-state index contributed by atoms with van der Waals surface area (Å²) in [7, 11) is -4.27. The zero-order valence-electron chi connectivity index (χ0n) is 28.7. The summed E-state index contributed by atoms with van der Waals surface area (Å²) in [6.45, 7) is 4.22. The molecule has 8 nitrogen and oxygen atoms in total. The normalized spacial score (nSPS) is 13.7. The maximum Gasteiger partial charge on any atom is 0.472 e. The van der Waals surface area contributed by atoms with Crippen molar-refractivity contribution in [3.8, 4) is 0 Å². The van der Waals surface area contributed by atoms with Gasteiger partial charge in [-0.15, -0.1) is 0 Å². The fraction of sp³-hybridized carbons (Fsp3) is 0.914. The number of carbonyl (C=O) groups is 1. The monoisotopic (exact) mass is 647 g/mol. The molecule has 0 bridgehead atoms. The molecule has 262 valence electrons. The van der Waals surface area contributed by atoms with Crippen LogP contribution in [0, 0.1) is 0 Å². The van der Waals surface area contributed by atoms with Crippen molar-refractivity contribution in [1.82, 2.24) is 0 Å². The molecule has 0 aliphatic carbocycles. The minimum absolute atomic E-state index is 0.0373. The first kappa shape index (κ1) is 43.1. The van der Waals surface area contributed by atoms with E-state index in [1.54, 1.807) is 6.26 Å². The van der Waals surface area contributed by atoms with Gasteiger partial charge in [-0.2, -0.15) is 0 Å². The summed E-state index contributed by atoms with van der Waals surface area (Å²) in [5.41, 5.74) is 5.33. The van der Waals surface area contributed by atoms with Crippen LogP contribution in [0.15, 0.2) is 12.3 Å². The second-order valence-corrected chi connectivity index (χ2v) is 13.6. The average molecular weight is 648 g/mol. The molecule has 0 aromatic rings. The van der Waals surface area contributed by atoms with E-state index in [2.05, 4.69) is 13.8 Å². The van der Waals surface area contributed by atoms with Crippen molar-refractivity contribution in [1.29, 1.82) is 0 Å². The maximum atomic E-state index is 12.4. The molecule has 44 heavy (non-hydrogen) atoms. The highest BCUT2D eigenvalue weighted by Gasteiger charge is 2.25. The molecule has 0 saturated carbocycles. The van der Waals surface area contributed by atoms with Crippen LogP contribution >= 0.6 is 7.82 Å². The Labute approximate surface area is 271 Å². The van der Waals surface area contributed by atoms with E-state index in [9.17, 15) is 14.3 Å². The van der Waals surface area contributed by atoms with Crippen LogP contribution in [0.2, 0.25) is 0 Å². The van der Waals surface area contributed by atoms with Gasteiger partial charge in [-0.1, -0.05) is 149 Å². The van der Waals surface area contributed by atoms with Gasteiger partial charge in [0.25, 0.3) is 0 Å². The van der Waals surface area contributed by atoms with E-state index in [0.717, 1.165) is 32.1 Å². The van der Waals surface area contributed by atoms with E-state index in [-0.39, 0.29) is 32.3 Å². The van der Waals surface area contributed by atoms with Crippen molar-refractivity contribution in [2.75, 3.05) is 26.4 Å². The van der Waals surface area contributed by atoms with Crippen molar-refractivity contribution >= 4 is 13.8 Å². The molecule has 0 aromatic carbocycles. The zero-order chi connectivity index (χ0) is 32.4. The number of hydrogen-bond donors (Lipinski definition) is 2. The van der Waals surface area contributed by atoms with Gasteiger partial charge in [0.2, 0.25) is 0 Å². The first-order valence-electron chi connectivity index (χ1n) is 18.2. The summed E-state index contributed by atoms with van der Waals surface area (Å²) in [6.07, 6.45) is 33.2. The third kappa shape index (κ3) is 32.5. The van der Waals surface area contributed by atoms with Crippen LogP contribution in [0.4, 0.5) is 0 Å². The number of carbonyl (C=O) groups excluding carboxylic acids is 1. The van der Waals surface area contributed by atoms with E-state index in [0.29, 0.717) is 6.42 Å². The van der Waals surface area contributed by atoms with Gasteiger partial charge in [-0.25, -0.2) is 4.57 Å². The highest BCUT2D eigenvalue weighted by Crippen LogP contribution is 2.43. The van der Waals surface area contributed by atoms with E-state index < -0.39 is 13.9 Å². The fourth-order valence-corrected chi connectivity index (χ4v) is 5.84. The number of nitrogens with two attached hydrogens (primary N) is 1. The summed E-state index contributed by atoms with van der Waals surface area (Å²) in [5, 5.41) is 0. The SMILES string of the molecule is CCCCCCCCCCCCCCCC/C=C/OC[C@@H](COP(=O)(O)OCCN)OC(=O)CCCCCCCCCCC. The highest BCUT2D eigenvalue weighted by molar-refractivity contribution is 7.47. The minimum atomic E-state index is -4.27. The van der Waals surface area contributed by atoms with E-state index in [1.807, 2.05) is 6.08 Å². The molecule has 2 atom stereocenters. The molecule has 1 unspecified atom stereocenters. The number of phosphoric ester groups is 1. The number of ether oxygens (including phenoxy) is 2. The van der Waals surface area contributed by atoms with Crippen LogP contribution in [0.3, 0.4) is 0 Å². The molecule has 0 aliphatic rings. The average Bonchev–Trinajstić information content (AvgIpc) is 3.01. The van der Waals surface area contributed by atoms with E-state index in [4.69, 9.17) is 24.3 Å². The van der Waals surface area contributed by atoms with Gasteiger partial charge in [0, 0.05) is 13.0 Å².